The maximum Gasteiger partial charge on any atom is 0.200 e. The molecule has 0 bridgehead atoms. The fourth-order valence-electron chi connectivity index (χ4n) is 2.90. The number of hydrogen-bond donors (Lipinski definition) is 2. The van der Waals surface area contributed by atoms with Crippen LogP contribution in [0.4, 0.5) is 17.3 Å². The van der Waals surface area contributed by atoms with Gasteiger partial charge in [0.15, 0.2) is 11.6 Å². The van der Waals surface area contributed by atoms with E-state index in [0.29, 0.717) is 53.0 Å². The number of nitrogen functional groups attached to an aromatic ring is 2. The third kappa shape index (κ3) is 2.93. The summed E-state index contributed by atoms with van der Waals surface area (Å²) in [6, 6.07) is 5.30. The van der Waals surface area contributed by atoms with Gasteiger partial charge in [0.05, 0.1) is 31.5 Å². The lowest BCUT2D eigenvalue weighted by Crippen LogP contribution is -2.36. The zero-order valence-electron chi connectivity index (χ0n) is 14.3. The largest absolute Gasteiger partial charge is 0.495 e. The Morgan fingerprint density at radius 1 is 1.08 bits per heavy atom. The monoisotopic (exact) mass is 353 g/mol. The second-order valence-electron chi connectivity index (χ2n) is 5.88. The normalized spacial score (nSPS) is 14.6. The van der Waals surface area contributed by atoms with Crippen molar-refractivity contribution in [3.63, 3.8) is 0 Å². The molecule has 0 amide bonds. The van der Waals surface area contributed by atoms with Gasteiger partial charge in [-0.2, -0.15) is 0 Å². The highest BCUT2D eigenvalue weighted by atomic mass is 16.5. The number of nitrogens with two attached hydrogens (primary N) is 2. The van der Waals surface area contributed by atoms with E-state index < -0.39 is 0 Å². The topological polar surface area (TPSA) is 125 Å². The van der Waals surface area contributed by atoms with Gasteiger partial charge in [-0.25, -0.2) is 19.9 Å². The van der Waals surface area contributed by atoms with Crippen LogP contribution in [0.3, 0.4) is 0 Å². The number of hydrogen-bond acceptors (Lipinski definition) is 9. The molecule has 26 heavy (non-hydrogen) atoms. The van der Waals surface area contributed by atoms with Crippen LogP contribution < -0.4 is 21.1 Å². The van der Waals surface area contributed by atoms with Gasteiger partial charge in [-0.05, 0) is 12.1 Å². The van der Waals surface area contributed by atoms with Crippen molar-refractivity contribution >= 4 is 28.2 Å². The molecule has 4 N–H and O–H groups in total. The van der Waals surface area contributed by atoms with E-state index in [9.17, 15) is 0 Å². The number of ether oxygens (including phenoxy) is 2. The van der Waals surface area contributed by atoms with Crippen molar-refractivity contribution < 1.29 is 9.47 Å². The maximum atomic E-state index is 6.11. The molecule has 134 valence electrons. The highest BCUT2D eigenvalue weighted by Gasteiger charge is 2.16. The molecule has 4 rings (SSSR count). The van der Waals surface area contributed by atoms with E-state index in [0.717, 1.165) is 18.9 Å². The fraction of sp³-hybridized carbons (Fsp3) is 0.294. The number of nitrogens with zero attached hydrogens (tertiary/aromatic N) is 5. The highest BCUT2D eigenvalue weighted by Crippen LogP contribution is 2.30. The van der Waals surface area contributed by atoms with Gasteiger partial charge in [-0.1, -0.05) is 0 Å². The molecule has 2 aromatic heterocycles. The summed E-state index contributed by atoms with van der Waals surface area (Å²) in [5.41, 5.74) is 13.2. The lowest BCUT2D eigenvalue weighted by atomic mass is 10.2. The summed E-state index contributed by atoms with van der Waals surface area (Å²) in [7, 11) is 1.55. The molecule has 1 aliphatic rings. The molecule has 9 heteroatoms. The highest BCUT2D eigenvalue weighted by molar-refractivity contribution is 5.93. The first-order chi connectivity index (χ1) is 12.7. The van der Waals surface area contributed by atoms with Gasteiger partial charge in [0.2, 0.25) is 0 Å². The van der Waals surface area contributed by atoms with E-state index in [2.05, 4.69) is 24.8 Å². The Labute approximate surface area is 150 Å². The third-order valence-electron chi connectivity index (χ3n) is 4.25. The Balaban J connectivity index is 1.77. The minimum Gasteiger partial charge on any atom is -0.495 e. The number of aromatic nitrogens is 4. The van der Waals surface area contributed by atoms with Gasteiger partial charge < -0.3 is 25.8 Å². The molecule has 1 aromatic carbocycles. The van der Waals surface area contributed by atoms with Crippen molar-refractivity contribution in [2.75, 3.05) is 49.8 Å². The molecule has 0 spiro atoms. The van der Waals surface area contributed by atoms with Gasteiger partial charge in [0.25, 0.3) is 0 Å². The smallest absolute Gasteiger partial charge is 0.200 e. The second-order valence-corrected chi connectivity index (χ2v) is 5.88. The third-order valence-corrected chi connectivity index (χ3v) is 4.25. The number of benzene rings is 1. The van der Waals surface area contributed by atoms with Crippen LogP contribution in [-0.4, -0.2) is 53.3 Å². The van der Waals surface area contributed by atoms with E-state index in [-0.39, 0.29) is 0 Å². The number of anilines is 3. The lowest BCUT2D eigenvalue weighted by Gasteiger charge is -2.27. The summed E-state index contributed by atoms with van der Waals surface area (Å²) >= 11 is 0. The SMILES string of the molecule is COc1cc2nc(-c3nccc(N4CCOCC4)n3)nc(N)c2cc1N. The van der Waals surface area contributed by atoms with E-state index in [4.69, 9.17) is 20.9 Å². The molecule has 3 heterocycles. The van der Waals surface area contributed by atoms with Crippen LogP contribution in [-0.2, 0) is 4.74 Å². The summed E-state index contributed by atoms with van der Waals surface area (Å²) < 4.78 is 10.6. The molecule has 1 saturated heterocycles. The first kappa shape index (κ1) is 16.3. The van der Waals surface area contributed by atoms with Gasteiger partial charge in [0.1, 0.15) is 17.4 Å². The van der Waals surface area contributed by atoms with Crippen LogP contribution in [0.5, 0.6) is 5.75 Å². The Hall–Kier alpha value is -3.20. The lowest BCUT2D eigenvalue weighted by molar-refractivity contribution is 0.122. The number of morpholine rings is 1. The minimum atomic E-state index is 0.319. The maximum absolute atomic E-state index is 6.11. The van der Waals surface area contributed by atoms with Crippen molar-refractivity contribution in [1.29, 1.82) is 0 Å². The van der Waals surface area contributed by atoms with Crippen molar-refractivity contribution in [2.45, 2.75) is 0 Å². The van der Waals surface area contributed by atoms with Crippen LogP contribution in [0.15, 0.2) is 24.4 Å². The summed E-state index contributed by atoms with van der Waals surface area (Å²) in [6.45, 7) is 2.93. The molecular weight excluding hydrogens is 334 g/mol. The number of fused-ring (bicyclic) bond motifs is 1. The van der Waals surface area contributed by atoms with Crippen LogP contribution >= 0.6 is 0 Å². The number of rotatable bonds is 3. The van der Waals surface area contributed by atoms with Crippen LogP contribution in [0.2, 0.25) is 0 Å². The average Bonchev–Trinajstić information content (AvgIpc) is 2.69. The van der Waals surface area contributed by atoms with Crippen molar-refractivity contribution in [3.8, 4) is 17.4 Å². The van der Waals surface area contributed by atoms with Crippen LogP contribution in [0.25, 0.3) is 22.6 Å². The van der Waals surface area contributed by atoms with E-state index >= 15 is 0 Å². The molecule has 1 aliphatic heterocycles. The molecule has 1 fully saturated rings. The summed E-state index contributed by atoms with van der Waals surface area (Å²) in [5, 5.41) is 0.663. The van der Waals surface area contributed by atoms with E-state index in [1.807, 2.05) is 6.07 Å². The summed E-state index contributed by atoms with van der Waals surface area (Å²) in [5.74, 6) is 2.44. The Bertz CT molecular complexity index is 957. The van der Waals surface area contributed by atoms with Gasteiger partial charge in [-0.3, -0.25) is 0 Å². The van der Waals surface area contributed by atoms with Crippen molar-refractivity contribution in [3.05, 3.63) is 24.4 Å². The Morgan fingerprint density at radius 2 is 1.88 bits per heavy atom. The quantitative estimate of drug-likeness (QED) is 0.666. The van der Waals surface area contributed by atoms with E-state index in [1.165, 1.54) is 0 Å². The zero-order chi connectivity index (χ0) is 18.1. The van der Waals surface area contributed by atoms with Gasteiger partial charge in [-0.15, -0.1) is 0 Å². The van der Waals surface area contributed by atoms with Gasteiger partial charge in [0, 0.05) is 30.7 Å². The Morgan fingerprint density at radius 3 is 2.65 bits per heavy atom. The summed E-state index contributed by atoms with van der Waals surface area (Å²) in [6.07, 6.45) is 1.69. The van der Waals surface area contributed by atoms with Crippen LogP contribution in [0.1, 0.15) is 0 Å². The molecule has 0 atom stereocenters. The standard InChI is InChI=1S/C17H19N7O2/c1-25-13-9-12-10(8-11(13)18)15(19)23-17(21-12)16-20-3-2-14(22-16)24-4-6-26-7-5-24/h2-3,8-9H,4-7,18H2,1H3,(H2,19,21,23). The predicted octanol–water partition coefficient (Wildman–Crippen LogP) is 1.10. The average molecular weight is 353 g/mol. The van der Waals surface area contributed by atoms with Crippen molar-refractivity contribution in [1.82, 2.24) is 19.9 Å². The second kappa shape index (κ2) is 6.60. The molecule has 0 radical (unpaired) electrons. The molecule has 3 aromatic rings. The summed E-state index contributed by atoms with van der Waals surface area (Å²) in [4.78, 5) is 20.0. The molecule has 0 aliphatic carbocycles. The van der Waals surface area contributed by atoms with E-state index in [1.54, 1.807) is 25.4 Å². The molecule has 9 nitrogen and oxygen atoms in total. The minimum absolute atomic E-state index is 0.319. The number of methoxy groups -OCH3 is 1. The predicted molar refractivity (Wildman–Crippen MR) is 99.0 cm³/mol. The Kier molecular flexibility index (Phi) is 4.13. The zero-order valence-corrected chi connectivity index (χ0v) is 14.3. The van der Waals surface area contributed by atoms with Crippen molar-refractivity contribution in [2.24, 2.45) is 0 Å². The van der Waals surface area contributed by atoms with Gasteiger partial charge >= 0.3 is 0 Å². The molecule has 0 saturated carbocycles. The van der Waals surface area contributed by atoms with Crippen LogP contribution in [0, 0.1) is 0 Å². The first-order valence-electron chi connectivity index (χ1n) is 8.22. The molecular formula is C17H19N7O2. The first-order valence-corrected chi connectivity index (χ1v) is 8.22. The fourth-order valence-corrected chi connectivity index (χ4v) is 2.90. The molecule has 0 unspecified atom stereocenters.